The maximum absolute atomic E-state index is 12.0. The van der Waals surface area contributed by atoms with Crippen molar-refractivity contribution in [3.8, 4) is 11.5 Å². The SMILES string of the molecule is CCOc1c(OC)cccc1[C@@H]1CC(=O)Nc2ccsc21. The van der Waals surface area contributed by atoms with Gasteiger partial charge < -0.3 is 14.8 Å². The van der Waals surface area contributed by atoms with Gasteiger partial charge in [0.25, 0.3) is 0 Å². The van der Waals surface area contributed by atoms with Gasteiger partial charge in [-0.1, -0.05) is 12.1 Å². The summed E-state index contributed by atoms with van der Waals surface area (Å²) >= 11 is 1.66. The van der Waals surface area contributed by atoms with Crippen LogP contribution < -0.4 is 14.8 Å². The number of ether oxygens (including phenoxy) is 2. The maximum atomic E-state index is 12.0. The molecule has 0 fully saturated rings. The van der Waals surface area contributed by atoms with Crippen LogP contribution in [0.4, 0.5) is 5.69 Å². The molecule has 1 aromatic heterocycles. The van der Waals surface area contributed by atoms with E-state index >= 15 is 0 Å². The van der Waals surface area contributed by atoms with Crippen LogP contribution in [0.5, 0.6) is 11.5 Å². The number of para-hydroxylation sites is 1. The number of methoxy groups -OCH3 is 1. The van der Waals surface area contributed by atoms with Crippen molar-refractivity contribution in [2.45, 2.75) is 19.3 Å². The van der Waals surface area contributed by atoms with Crippen LogP contribution in [0.15, 0.2) is 29.6 Å². The van der Waals surface area contributed by atoms with Crippen molar-refractivity contribution in [3.63, 3.8) is 0 Å². The Labute approximate surface area is 127 Å². The third-order valence-corrected chi connectivity index (χ3v) is 4.60. The molecule has 1 aromatic carbocycles. The van der Waals surface area contributed by atoms with Gasteiger partial charge in [0.2, 0.25) is 5.91 Å². The number of carbonyl (C=O) groups is 1. The molecule has 1 aliphatic rings. The van der Waals surface area contributed by atoms with Crippen LogP contribution in [0, 0.1) is 0 Å². The number of hydrogen-bond donors (Lipinski definition) is 1. The summed E-state index contributed by atoms with van der Waals surface area (Å²) < 4.78 is 11.2. The topological polar surface area (TPSA) is 47.6 Å². The molecule has 0 radical (unpaired) electrons. The summed E-state index contributed by atoms with van der Waals surface area (Å²) in [7, 11) is 1.63. The van der Waals surface area contributed by atoms with Gasteiger partial charge in [0.1, 0.15) is 0 Å². The number of benzene rings is 1. The molecule has 1 aliphatic heterocycles. The minimum absolute atomic E-state index is 0.0189. The van der Waals surface area contributed by atoms with E-state index in [0.717, 1.165) is 17.0 Å². The van der Waals surface area contributed by atoms with Crippen molar-refractivity contribution >= 4 is 22.9 Å². The number of amides is 1. The Morgan fingerprint density at radius 1 is 1.38 bits per heavy atom. The monoisotopic (exact) mass is 303 g/mol. The molecule has 0 saturated heterocycles. The van der Waals surface area contributed by atoms with E-state index in [2.05, 4.69) is 5.32 Å². The van der Waals surface area contributed by atoms with Crippen molar-refractivity contribution in [1.29, 1.82) is 0 Å². The summed E-state index contributed by atoms with van der Waals surface area (Å²) in [5.74, 6) is 1.50. The normalized spacial score (nSPS) is 17.0. The molecule has 1 N–H and O–H groups in total. The summed E-state index contributed by atoms with van der Waals surface area (Å²) in [5, 5.41) is 4.92. The molecule has 0 aliphatic carbocycles. The Morgan fingerprint density at radius 3 is 3.00 bits per heavy atom. The van der Waals surface area contributed by atoms with Gasteiger partial charge in [-0.25, -0.2) is 0 Å². The first-order chi connectivity index (χ1) is 10.2. The molecule has 0 spiro atoms. The molecule has 5 heteroatoms. The predicted octanol–water partition coefficient (Wildman–Crippen LogP) is 3.63. The second-order valence-electron chi connectivity index (χ2n) is 4.82. The first-order valence-corrected chi connectivity index (χ1v) is 7.79. The molecular formula is C16H17NO3S. The summed E-state index contributed by atoms with van der Waals surface area (Å²) in [6, 6.07) is 7.79. The lowest BCUT2D eigenvalue weighted by atomic mass is 9.90. The number of carbonyl (C=O) groups excluding carboxylic acids is 1. The zero-order chi connectivity index (χ0) is 14.8. The molecule has 1 amide bonds. The van der Waals surface area contributed by atoms with Crippen LogP contribution in [0.25, 0.3) is 0 Å². The van der Waals surface area contributed by atoms with Gasteiger partial charge in [0.15, 0.2) is 11.5 Å². The smallest absolute Gasteiger partial charge is 0.225 e. The van der Waals surface area contributed by atoms with E-state index < -0.39 is 0 Å². The van der Waals surface area contributed by atoms with E-state index in [1.807, 2.05) is 36.6 Å². The number of anilines is 1. The molecule has 2 heterocycles. The minimum Gasteiger partial charge on any atom is -0.493 e. The summed E-state index contributed by atoms with van der Waals surface area (Å²) in [6.45, 7) is 2.50. The van der Waals surface area contributed by atoms with E-state index in [9.17, 15) is 4.79 Å². The Bertz CT molecular complexity index is 665. The van der Waals surface area contributed by atoms with Gasteiger partial charge in [-0.3, -0.25) is 4.79 Å². The average Bonchev–Trinajstić information content (AvgIpc) is 2.95. The van der Waals surface area contributed by atoms with Gasteiger partial charge in [-0.15, -0.1) is 11.3 Å². The molecule has 3 rings (SSSR count). The summed E-state index contributed by atoms with van der Waals surface area (Å²) in [6.07, 6.45) is 0.431. The van der Waals surface area contributed by atoms with E-state index in [1.54, 1.807) is 18.4 Å². The molecule has 0 saturated carbocycles. The van der Waals surface area contributed by atoms with Gasteiger partial charge in [-0.2, -0.15) is 0 Å². The number of thiophene rings is 1. The number of nitrogens with one attached hydrogen (secondary N) is 1. The Morgan fingerprint density at radius 2 is 2.24 bits per heavy atom. The second-order valence-corrected chi connectivity index (χ2v) is 5.76. The first kappa shape index (κ1) is 13.9. The summed E-state index contributed by atoms with van der Waals surface area (Å²) in [5.41, 5.74) is 1.92. The van der Waals surface area contributed by atoms with Crippen LogP contribution in [-0.2, 0) is 4.79 Å². The Kier molecular flexibility index (Phi) is 3.84. The predicted molar refractivity (Wildman–Crippen MR) is 83.6 cm³/mol. The van der Waals surface area contributed by atoms with Crippen molar-refractivity contribution in [2.24, 2.45) is 0 Å². The molecule has 110 valence electrons. The van der Waals surface area contributed by atoms with E-state index in [1.165, 1.54) is 4.88 Å². The Balaban J connectivity index is 2.11. The van der Waals surface area contributed by atoms with E-state index in [-0.39, 0.29) is 11.8 Å². The van der Waals surface area contributed by atoms with Gasteiger partial charge in [0, 0.05) is 22.8 Å². The van der Waals surface area contributed by atoms with Gasteiger partial charge in [0.05, 0.1) is 19.4 Å². The van der Waals surface area contributed by atoms with Crippen molar-refractivity contribution < 1.29 is 14.3 Å². The van der Waals surface area contributed by atoms with Crippen molar-refractivity contribution in [1.82, 2.24) is 0 Å². The molecule has 0 bridgehead atoms. The molecule has 0 unspecified atom stereocenters. The van der Waals surface area contributed by atoms with Crippen LogP contribution in [-0.4, -0.2) is 19.6 Å². The molecule has 1 atom stereocenters. The second kappa shape index (κ2) is 5.77. The lowest BCUT2D eigenvalue weighted by molar-refractivity contribution is -0.116. The highest BCUT2D eigenvalue weighted by Crippen LogP contribution is 2.45. The first-order valence-electron chi connectivity index (χ1n) is 6.91. The fourth-order valence-electron chi connectivity index (χ4n) is 2.69. The van der Waals surface area contributed by atoms with Crippen LogP contribution in [0.3, 0.4) is 0 Å². The third kappa shape index (κ3) is 2.49. The highest BCUT2D eigenvalue weighted by atomic mass is 32.1. The Hall–Kier alpha value is -2.01. The van der Waals surface area contributed by atoms with Crippen LogP contribution >= 0.6 is 11.3 Å². The lowest BCUT2D eigenvalue weighted by Crippen LogP contribution is -2.22. The quantitative estimate of drug-likeness (QED) is 0.938. The van der Waals surface area contributed by atoms with Gasteiger partial charge >= 0.3 is 0 Å². The van der Waals surface area contributed by atoms with E-state index in [4.69, 9.17) is 9.47 Å². The highest BCUT2D eigenvalue weighted by molar-refractivity contribution is 7.10. The van der Waals surface area contributed by atoms with Crippen molar-refractivity contribution in [2.75, 3.05) is 19.0 Å². The molecule has 2 aromatic rings. The highest BCUT2D eigenvalue weighted by Gasteiger charge is 2.30. The van der Waals surface area contributed by atoms with Crippen LogP contribution in [0.1, 0.15) is 29.7 Å². The fraction of sp³-hybridized carbons (Fsp3) is 0.312. The lowest BCUT2D eigenvalue weighted by Gasteiger charge is -2.25. The zero-order valence-electron chi connectivity index (χ0n) is 12.0. The average molecular weight is 303 g/mol. The minimum atomic E-state index is 0.0189. The fourth-order valence-corrected chi connectivity index (χ4v) is 3.66. The number of rotatable bonds is 4. The van der Waals surface area contributed by atoms with Gasteiger partial charge in [-0.05, 0) is 24.4 Å². The molecular weight excluding hydrogens is 286 g/mol. The van der Waals surface area contributed by atoms with Crippen molar-refractivity contribution in [3.05, 3.63) is 40.1 Å². The van der Waals surface area contributed by atoms with E-state index in [0.29, 0.717) is 18.8 Å². The molecule has 4 nitrogen and oxygen atoms in total. The number of hydrogen-bond acceptors (Lipinski definition) is 4. The standard InChI is InChI=1S/C16H17NO3S/c1-3-20-15-10(5-4-6-13(15)19-2)11-9-14(18)17-12-7-8-21-16(11)12/h4-8,11H,3,9H2,1-2H3,(H,17,18)/t11-/m0/s1. The zero-order valence-corrected chi connectivity index (χ0v) is 12.8. The summed E-state index contributed by atoms with van der Waals surface area (Å²) in [4.78, 5) is 13.1. The molecule has 21 heavy (non-hydrogen) atoms. The maximum Gasteiger partial charge on any atom is 0.225 e. The third-order valence-electron chi connectivity index (χ3n) is 3.57. The van der Waals surface area contributed by atoms with Crippen LogP contribution in [0.2, 0.25) is 0 Å². The number of fused-ring (bicyclic) bond motifs is 1. The largest absolute Gasteiger partial charge is 0.493 e.